The summed E-state index contributed by atoms with van der Waals surface area (Å²) in [7, 11) is 0. The van der Waals surface area contributed by atoms with Gasteiger partial charge < -0.3 is 14.7 Å². The molecule has 1 aromatic rings. The molecule has 0 aromatic carbocycles. The van der Waals surface area contributed by atoms with Gasteiger partial charge in [-0.3, -0.25) is 9.78 Å². The number of hydrogen-bond donors (Lipinski definition) is 1. The molecule has 6 heteroatoms. The largest absolute Gasteiger partial charge is 0.479 e. The molecule has 1 aliphatic rings. The minimum Gasteiger partial charge on any atom is -0.479 e. The van der Waals surface area contributed by atoms with Gasteiger partial charge in [0.1, 0.15) is 12.6 Å². The van der Waals surface area contributed by atoms with Crippen molar-refractivity contribution < 1.29 is 19.4 Å². The second-order valence-electron chi connectivity index (χ2n) is 5.70. The summed E-state index contributed by atoms with van der Waals surface area (Å²) in [5.41, 5.74) is -0.000561. The van der Waals surface area contributed by atoms with E-state index in [1.165, 1.54) is 0 Å². The summed E-state index contributed by atoms with van der Waals surface area (Å²) in [6, 6.07) is 4.49. The topological polar surface area (TPSA) is 79.7 Å². The molecule has 1 saturated heterocycles. The first kappa shape index (κ1) is 14.5. The van der Waals surface area contributed by atoms with E-state index in [4.69, 9.17) is 4.74 Å². The van der Waals surface area contributed by atoms with Gasteiger partial charge in [0.05, 0.1) is 5.69 Å². The fourth-order valence-corrected chi connectivity index (χ4v) is 2.45. The van der Waals surface area contributed by atoms with Crippen molar-refractivity contribution in [2.75, 3.05) is 6.61 Å². The van der Waals surface area contributed by atoms with Gasteiger partial charge in [0.15, 0.2) is 6.10 Å². The van der Waals surface area contributed by atoms with Crippen LogP contribution >= 0.6 is 0 Å². The number of aliphatic carboxylic acids is 1. The first-order valence-corrected chi connectivity index (χ1v) is 6.40. The molecule has 0 aliphatic carbocycles. The normalized spacial score (nSPS) is 23.8. The van der Waals surface area contributed by atoms with Crippen molar-refractivity contribution in [3.05, 3.63) is 30.1 Å². The smallest absolute Gasteiger partial charge is 0.335 e. The number of aromatic nitrogens is 1. The first-order valence-electron chi connectivity index (χ1n) is 6.40. The van der Waals surface area contributed by atoms with Gasteiger partial charge in [-0.1, -0.05) is 6.07 Å². The molecule has 1 fully saturated rings. The van der Waals surface area contributed by atoms with Crippen LogP contribution in [0.3, 0.4) is 0 Å². The van der Waals surface area contributed by atoms with Crippen molar-refractivity contribution in [1.82, 2.24) is 9.88 Å². The number of carboxylic acid groups (broad SMARTS) is 1. The van der Waals surface area contributed by atoms with E-state index in [1.807, 2.05) is 20.8 Å². The molecule has 1 aromatic heterocycles. The number of pyridine rings is 1. The summed E-state index contributed by atoms with van der Waals surface area (Å²) in [5, 5.41) is 9.35. The van der Waals surface area contributed by atoms with Crippen LogP contribution in [0.4, 0.5) is 0 Å². The van der Waals surface area contributed by atoms with Crippen molar-refractivity contribution >= 4 is 11.9 Å². The fraction of sp³-hybridized carbons (Fsp3) is 0.500. The average molecular weight is 278 g/mol. The molecule has 6 nitrogen and oxygen atoms in total. The van der Waals surface area contributed by atoms with Gasteiger partial charge in [-0.25, -0.2) is 4.79 Å². The van der Waals surface area contributed by atoms with E-state index in [-0.39, 0.29) is 12.5 Å². The monoisotopic (exact) mass is 278 g/mol. The van der Waals surface area contributed by atoms with Gasteiger partial charge >= 0.3 is 5.97 Å². The summed E-state index contributed by atoms with van der Waals surface area (Å²) in [6.07, 6.45) is 0.468. The van der Waals surface area contributed by atoms with E-state index in [0.29, 0.717) is 5.69 Å². The Morgan fingerprint density at radius 3 is 2.65 bits per heavy atom. The number of ether oxygens (including phenoxy) is 1. The van der Waals surface area contributed by atoms with Crippen LogP contribution in [-0.4, -0.2) is 45.1 Å². The highest BCUT2D eigenvalue weighted by Crippen LogP contribution is 2.34. The SMILES string of the molecule is CC(C)(C)N1C(=O)COC(C(=O)O)C1c1ccccn1. The Morgan fingerprint density at radius 1 is 1.45 bits per heavy atom. The Kier molecular flexibility index (Phi) is 3.76. The van der Waals surface area contributed by atoms with Crippen LogP contribution in [0.2, 0.25) is 0 Å². The van der Waals surface area contributed by atoms with Gasteiger partial charge in [0.2, 0.25) is 5.91 Å². The molecule has 0 spiro atoms. The molecule has 2 rings (SSSR count). The number of carboxylic acids is 1. The Balaban J connectivity index is 2.50. The number of rotatable bonds is 2. The maximum absolute atomic E-state index is 12.2. The van der Waals surface area contributed by atoms with Crippen molar-refractivity contribution in [3.63, 3.8) is 0 Å². The minimum atomic E-state index is -1.11. The third-order valence-corrected chi connectivity index (χ3v) is 3.18. The van der Waals surface area contributed by atoms with Crippen molar-refractivity contribution in [2.24, 2.45) is 0 Å². The van der Waals surface area contributed by atoms with E-state index >= 15 is 0 Å². The Labute approximate surface area is 117 Å². The second-order valence-corrected chi connectivity index (χ2v) is 5.70. The summed E-state index contributed by atoms with van der Waals surface area (Å²) in [4.78, 5) is 29.3. The minimum absolute atomic E-state index is 0.225. The highest BCUT2D eigenvalue weighted by atomic mass is 16.5. The molecule has 2 atom stereocenters. The molecular weight excluding hydrogens is 260 g/mol. The van der Waals surface area contributed by atoms with Crippen LogP contribution in [0, 0.1) is 0 Å². The molecule has 1 N–H and O–H groups in total. The number of hydrogen-bond acceptors (Lipinski definition) is 4. The molecule has 0 radical (unpaired) electrons. The number of morpholine rings is 1. The molecule has 20 heavy (non-hydrogen) atoms. The molecule has 0 bridgehead atoms. The fourth-order valence-electron chi connectivity index (χ4n) is 2.45. The maximum Gasteiger partial charge on any atom is 0.335 e. The molecule has 1 amide bonds. The second kappa shape index (κ2) is 5.20. The summed E-state index contributed by atoms with van der Waals surface area (Å²) in [6.45, 7) is 5.37. The molecule has 0 saturated carbocycles. The number of carbonyl (C=O) groups is 2. The highest BCUT2D eigenvalue weighted by Gasteiger charge is 2.46. The number of nitrogens with zero attached hydrogens (tertiary/aromatic N) is 2. The predicted molar refractivity (Wildman–Crippen MR) is 71.0 cm³/mol. The molecule has 108 valence electrons. The lowest BCUT2D eigenvalue weighted by Gasteiger charge is -2.46. The zero-order valence-electron chi connectivity index (χ0n) is 11.7. The summed E-state index contributed by atoms with van der Waals surface area (Å²) in [5.74, 6) is -1.33. The quantitative estimate of drug-likeness (QED) is 0.880. The zero-order chi connectivity index (χ0) is 14.9. The van der Waals surface area contributed by atoms with Crippen molar-refractivity contribution in [1.29, 1.82) is 0 Å². The van der Waals surface area contributed by atoms with Gasteiger partial charge in [0, 0.05) is 11.7 Å². The lowest BCUT2D eigenvalue weighted by Crippen LogP contribution is -2.58. The Bertz CT molecular complexity index is 510. The maximum atomic E-state index is 12.2. The van der Waals surface area contributed by atoms with Crippen LogP contribution in [0.25, 0.3) is 0 Å². The van der Waals surface area contributed by atoms with Gasteiger partial charge in [0.25, 0.3) is 0 Å². The average Bonchev–Trinajstić information content (AvgIpc) is 2.37. The third-order valence-electron chi connectivity index (χ3n) is 3.18. The molecule has 1 aliphatic heterocycles. The molecular formula is C14H18N2O4. The lowest BCUT2D eigenvalue weighted by atomic mass is 9.95. The number of amides is 1. The highest BCUT2D eigenvalue weighted by molar-refractivity contribution is 5.83. The summed E-state index contributed by atoms with van der Waals surface area (Å²) < 4.78 is 5.21. The first-order chi connectivity index (χ1) is 9.32. The van der Waals surface area contributed by atoms with Crippen molar-refractivity contribution in [2.45, 2.75) is 38.5 Å². The van der Waals surface area contributed by atoms with E-state index in [9.17, 15) is 14.7 Å². The Morgan fingerprint density at radius 2 is 2.15 bits per heavy atom. The van der Waals surface area contributed by atoms with E-state index in [0.717, 1.165) is 0 Å². The van der Waals surface area contributed by atoms with Crippen LogP contribution in [0.1, 0.15) is 32.5 Å². The van der Waals surface area contributed by atoms with E-state index < -0.39 is 23.7 Å². The van der Waals surface area contributed by atoms with Crippen LogP contribution in [0.15, 0.2) is 24.4 Å². The van der Waals surface area contributed by atoms with Gasteiger partial charge in [-0.15, -0.1) is 0 Å². The standard InChI is InChI=1S/C14H18N2O4/c1-14(2,3)16-10(17)8-20-12(13(18)19)11(16)9-6-4-5-7-15-9/h4-7,11-12H,8H2,1-3H3,(H,18,19). The molecule has 2 unspecified atom stereocenters. The molecule has 2 heterocycles. The van der Waals surface area contributed by atoms with Crippen LogP contribution in [0.5, 0.6) is 0 Å². The van der Waals surface area contributed by atoms with E-state index in [2.05, 4.69) is 4.98 Å². The van der Waals surface area contributed by atoms with Gasteiger partial charge in [-0.2, -0.15) is 0 Å². The van der Waals surface area contributed by atoms with Gasteiger partial charge in [-0.05, 0) is 32.9 Å². The van der Waals surface area contributed by atoms with Crippen LogP contribution < -0.4 is 0 Å². The summed E-state index contributed by atoms with van der Waals surface area (Å²) >= 11 is 0. The predicted octanol–water partition coefficient (Wildman–Crippen LogP) is 1.23. The Hall–Kier alpha value is -1.95. The third kappa shape index (κ3) is 2.65. The number of carbonyl (C=O) groups excluding carboxylic acids is 1. The lowest BCUT2D eigenvalue weighted by molar-refractivity contribution is -0.180. The zero-order valence-corrected chi connectivity index (χ0v) is 11.7. The van der Waals surface area contributed by atoms with Crippen molar-refractivity contribution in [3.8, 4) is 0 Å². The van der Waals surface area contributed by atoms with Crippen LogP contribution in [-0.2, 0) is 14.3 Å². The van der Waals surface area contributed by atoms with E-state index in [1.54, 1.807) is 29.3 Å².